The second-order valence-corrected chi connectivity index (χ2v) is 4.68. The Kier molecular flexibility index (Phi) is 3.68. The van der Waals surface area contributed by atoms with Crippen molar-refractivity contribution < 1.29 is 15.0 Å². The minimum Gasteiger partial charge on any atom is -0.395 e. The Hall–Kier alpha value is -1.39. The molecule has 98 valence electrons. The van der Waals surface area contributed by atoms with E-state index >= 15 is 0 Å². The van der Waals surface area contributed by atoms with Crippen molar-refractivity contribution in [3.63, 3.8) is 0 Å². The van der Waals surface area contributed by atoms with Crippen LogP contribution in [0.2, 0.25) is 0 Å². The first-order valence-corrected chi connectivity index (χ1v) is 6.34. The average Bonchev–Trinajstić information content (AvgIpc) is 2.63. The summed E-state index contributed by atoms with van der Waals surface area (Å²) in [6, 6.07) is 5.62. The maximum Gasteiger partial charge on any atom is 0.234 e. The third-order valence-electron chi connectivity index (χ3n) is 3.54. The third kappa shape index (κ3) is 2.02. The molecule has 0 saturated heterocycles. The van der Waals surface area contributed by atoms with Crippen molar-refractivity contribution in [1.82, 2.24) is 0 Å². The molecule has 2 atom stereocenters. The van der Waals surface area contributed by atoms with E-state index in [4.69, 9.17) is 5.11 Å². The molecule has 1 aromatic rings. The molecule has 18 heavy (non-hydrogen) atoms. The highest BCUT2D eigenvalue weighted by Gasteiger charge is 2.34. The van der Waals surface area contributed by atoms with Crippen molar-refractivity contribution in [2.75, 3.05) is 18.1 Å². The topological polar surface area (TPSA) is 60.8 Å². The number of benzene rings is 1. The summed E-state index contributed by atoms with van der Waals surface area (Å²) in [5, 5.41) is 18.8. The predicted octanol–water partition coefficient (Wildman–Crippen LogP) is 1.57. The van der Waals surface area contributed by atoms with Crippen LogP contribution in [0.3, 0.4) is 0 Å². The maximum absolute atomic E-state index is 12.1. The van der Waals surface area contributed by atoms with E-state index in [1.54, 1.807) is 4.90 Å². The van der Waals surface area contributed by atoms with Gasteiger partial charge in [0.15, 0.2) is 0 Å². The number of aliphatic hydroxyl groups is 2. The molecule has 0 saturated carbocycles. The van der Waals surface area contributed by atoms with E-state index in [0.29, 0.717) is 13.0 Å². The van der Waals surface area contributed by atoms with Gasteiger partial charge < -0.3 is 15.1 Å². The van der Waals surface area contributed by atoms with Crippen molar-refractivity contribution >= 4 is 11.6 Å². The van der Waals surface area contributed by atoms with Gasteiger partial charge in [0.25, 0.3) is 0 Å². The lowest BCUT2D eigenvalue weighted by molar-refractivity contribution is -0.119. The largest absolute Gasteiger partial charge is 0.395 e. The molecule has 4 heteroatoms. The van der Waals surface area contributed by atoms with Crippen LogP contribution in [0.15, 0.2) is 18.2 Å². The van der Waals surface area contributed by atoms with Crippen molar-refractivity contribution in [3.05, 3.63) is 29.3 Å². The first-order valence-electron chi connectivity index (χ1n) is 6.34. The van der Waals surface area contributed by atoms with Gasteiger partial charge in [-0.3, -0.25) is 4.79 Å². The predicted molar refractivity (Wildman–Crippen MR) is 69.5 cm³/mol. The number of carbonyl (C=O) groups is 1. The molecular weight excluding hydrogens is 230 g/mol. The fourth-order valence-electron chi connectivity index (χ4n) is 2.42. The number of rotatable bonds is 4. The lowest BCUT2D eigenvalue weighted by Gasteiger charge is -2.16. The van der Waals surface area contributed by atoms with Crippen molar-refractivity contribution in [2.24, 2.45) is 0 Å². The van der Waals surface area contributed by atoms with Gasteiger partial charge in [-0.15, -0.1) is 0 Å². The zero-order chi connectivity index (χ0) is 13.3. The minimum absolute atomic E-state index is 0.0159. The summed E-state index contributed by atoms with van der Waals surface area (Å²) in [6.07, 6.45) is 0.172. The number of hydrogen-bond donors (Lipinski definition) is 2. The van der Waals surface area contributed by atoms with Crippen LogP contribution in [0, 0.1) is 0 Å². The van der Waals surface area contributed by atoms with E-state index < -0.39 is 6.10 Å². The fourth-order valence-corrected chi connectivity index (χ4v) is 2.42. The van der Waals surface area contributed by atoms with E-state index in [1.165, 1.54) is 0 Å². The summed E-state index contributed by atoms with van der Waals surface area (Å²) < 4.78 is 0. The van der Waals surface area contributed by atoms with E-state index in [1.807, 2.05) is 32.0 Å². The van der Waals surface area contributed by atoms with E-state index in [9.17, 15) is 9.90 Å². The van der Waals surface area contributed by atoms with E-state index in [-0.39, 0.29) is 18.4 Å². The fraction of sp³-hybridized carbons (Fsp3) is 0.500. The molecule has 1 aliphatic rings. The average molecular weight is 249 g/mol. The van der Waals surface area contributed by atoms with Gasteiger partial charge in [-0.2, -0.15) is 0 Å². The number of carbonyl (C=O) groups excluding carboxylic acids is 1. The molecule has 4 nitrogen and oxygen atoms in total. The Balaban J connectivity index is 2.40. The van der Waals surface area contributed by atoms with Crippen molar-refractivity contribution in [1.29, 1.82) is 0 Å². The summed E-state index contributed by atoms with van der Waals surface area (Å²) in [5.41, 5.74) is 2.65. The summed E-state index contributed by atoms with van der Waals surface area (Å²) in [6.45, 7) is 4.06. The van der Waals surface area contributed by atoms with Gasteiger partial charge in [0.2, 0.25) is 5.91 Å². The summed E-state index contributed by atoms with van der Waals surface area (Å²) >= 11 is 0. The maximum atomic E-state index is 12.1. The Morgan fingerprint density at radius 3 is 2.78 bits per heavy atom. The zero-order valence-electron chi connectivity index (χ0n) is 10.8. The van der Waals surface area contributed by atoms with Crippen LogP contribution < -0.4 is 4.90 Å². The Labute approximate surface area is 107 Å². The number of anilines is 1. The Morgan fingerprint density at radius 1 is 1.44 bits per heavy atom. The molecule has 1 amide bonds. The van der Waals surface area contributed by atoms with Gasteiger partial charge in [-0.1, -0.05) is 19.1 Å². The molecule has 0 aliphatic carbocycles. The van der Waals surface area contributed by atoms with Crippen LogP contribution in [0.5, 0.6) is 0 Å². The van der Waals surface area contributed by atoms with Gasteiger partial charge in [0.05, 0.1) is 18.6 Å². The van der Waals surface area contributed by atoms with Crippen LogP contribution in [-0.4, -0.2) is 29.3 Å². The van der Waals surface area contributed by atoms with Gasteiger partial charge in [-0.05, 0) is 30.5 Å². The van der Waals surface area contributed by atoms with Crippen molar-refractivity contribution in [2.45, 2.75) is 32.3 Å². The van der Waals surface area contributed by atoms with Crippen LogP contribution in [-0.2, 0) is 4.79 Å². The third-order valence-corrected chi connectivity index (χ3v) is 3.54. The van der Waals surface area contributed by atoms with Gasteiger partial charge in [0, 0.05) is 12.2 Å². The zero-order valence-corrected chi connectivity index (χ0v) is 10.8. The first kappa shape index (κ1) is 13.1. The summed E-state index contributed by atoms with van der Waals surface area (Å²) in [7, 11) is 0. The molecule has 2 unspecified atom stereocenters. The van der Waals surface area contributed by atoms with Crippen LogP contribution >= 0.6 is 0 Å². The van der Waals surface area contributed by atoms with Crippen LogP contribution in [0.25, 0.3) is 0 Å². The molecule has 1 aliphatic heterocycles. The molecule has 1 aromatic carbocycles. The highest BCUT2D eigenvalue weighted by molar-refractivity contribution is 6.04. The smallest absolute Gasteiger partial charge is 0.234 e. The number of hydrogen-bond acceptors (Lipinski definition) is 3. The number of aliphatic hydroxyl groups excluding tert-OH is 2. The second kappa shape index (κ2) is 5.08. The molecule has 2 N–H and O–H groups in total. The van der Waals surface area contributed by atoms with Crippen LogP contribution in [0.4, 0.5) is 5.69 Å². The lowest BCUT2D eigenvalue weighted by atomic mass is 9.98. The van der Waals surface area contributed by atoms with Gasteiger partial charge in [0.1, 0.15) is 0 Å². The quantitative estimate of drug-likeness (QED) is 0.851. The molecule has 1 heterocycles. The number of β-amino-alcohol motifs (C(OH)–C–C–N with tert-alkyl or cyclic N) is 1. The molecule has 2 rings (SSSR count). The summed E-state index contributed by atoms with van der Waals surface area (Å²) in [4.78, 5) is 13.7. The van der Waals surface area contributed by atoms with Gasteiger partial charge in [-0.25, -0.2) is 0 Å². The minimum atomic E-state index is -0.482. The standard InChI is InChI=1S/C14H19NO3/c1-3-13(17)10-4-5-12-11(8-10)9(2)14(18)15(12)6-7-16/h4-5,8-9,13,16-17H,3,6-7H2,1-2H3. The Morgan fingerprint density at radius 2 is 2.17 bits per heavy atom. The monoisotopic (exact) mass is 249 g/mol. The summed E-state index contributed by atoms with van der Waals surface area (Å²) in [5.74, 6) is -0.183. The van der Waals surface area contributed by atoms with Crippen LogP contribution in [0.1, 0.15) is 43.4 Å². The number of nitrogens with zero attached hydrogens (tertiary/aromatic N) is 1. The Bertz CT molecular complexity index is 458. The highest BCUT2D eigenvalue weighted by Crippen LogP contribution is 2.38. The molecule has 0 bridgehead atoms. The normalized spacial score (nSPS) is 20.1. The SMILES string of the molecule is CCC(O)c1ccc2c(c1)C(C)C(=O)N2CCO. The molecule has 0 radical (unpaired) electrons. The van der Waals surface area contributed by atoms with E-state index in [0.717, 1.165) is 16.8 Å². The number of fused-ring (bicyclic) bond motifs is 1. The number of amides is 1. The molecular formula is C14H19NO3. The van der Waals surface area contributed by atoms with Gasteiger partial charge >= 0.3 is 0 Å². The molecule has 0 spiro atoms. The highest BCUT2D eigenvalue weighted by atomic mass is 16.3. The van der Waals surface area contributed by atoms with Crippen molar-refractivity contribution in [3.8, 4) is 0 Å². The molecule has 0 aromatic heterocycles. The van der Waals surface area contributed by atoms with E-state index in [2.05, 4.69) is 0 Å². The first-order chi connectivity index (χ1) is 8.60. The lowest BCUT2D eigenvalue weighted by Crippen LogP contribution is -2.30. The second-order valence-electron chi connectivity index (χ2n) is 4.68. The molecule has 0 fully saturated rings.